The summed E-state index contributed by atoms with van der Waals surface area (Å²) >= 11 is 0. The van der Waals surface area contributed by atoms with Crippen molar-refractivity contribution in [2.45, 2.75) is 38.6 Å². The maximum Gasteiger partial charge on any atom is 0.407 e. The standard InChI is InChI=1S/C16H21NO5/c1-16(2,3)22-15(20)17-8-12(18)14(19)11-9-21-13-7-5-4-6-10(11)13/h4-7,9,12,14,18-19H,8H2,1-3H3,(H,17,20). The maximum absolute atomic E-state index is 11.5. The van der Waals surface area contributed by atoms with E-state index in [4.69, 9.17) is 9.15 Å². The predicted molar refractivity (Wildman–Crippen MR) is 81.4 cm³/mol. The number of rotatable bonds is 4. The Morgan fingerprint density at radius 1 is 1.32 bits per heavy atom. The summed E-state index contributed by atoms with van der Waals surface area (Å²) in [5.41, 5.74) is 0.493. The molecule has 0 spiro atoms. The Morgan fingerprint density at radius 3 is 2.68 bits per heavy atom. The molecule has 0 aliphatic carbocycles. The van der Waals surface area contributed by atoms with Gasteiger partial charge >= 0.3 is 6.09 Å². The first-order chi connectivity index (χ1) is 10.3. The zero-order chi connectivity index (χ0) is 16.3. The Balaban J connectivity index is 1.98. The third kappa shape index (κ3) is 3.99. The Hall–Kier alpha value is -2.05. The molecule has 0 aliphatic heterocycles. The molecule has 0 bridgehead atoms. The Bertz CT molecular complexity index is 643. The topological polar surface area (TPSA) is 91.9 Å². The van der Waals surface area contributed by atoms with Crippen molar-refractivity contribution in [1.29, 1.82) is 0 Å². The van der Waals surface area contributed by atoms with Gasteiger partial charge in [0.05, 0.1) is 6.26 Å². The lowest BCUT2D eigenvalue weighted by atomic mass is 10.0. The molecule has 0 radical (unpaired) electrons. The van der Waals surface area contributed by atoms with Crippen LogP contribution < -0.4 is 5.32 Å². The van der Waals surface area contributed by atoms with E-state index in [0.717, 1.165) is 5.39 Å². The fourth-order valence-electron chi connectivity index (χ4n) is 2.05. The van der Waals surface area contributed by atoms with Crippen LogP contribution in [0.25, 0.3) is 11.0 Å². The molecule has 0 saturated heterocycles. The summed E-state index contributed by atoms with van der Waals surface area (Å²) < 4.78 is 10.4. The lowest BCUT2D eigenvalue weighted by molar-refractivity contribution is 0.0133. The molecule has 3 N–H and O–H groups in total. The molecule has 2 atom stereocenters. The van der Waals surface area contributed by atoms with Crippen molar-refractivity contribution in [2.24, 2.45) is 0 Å². The van der Waals surface area contributed by atoms with Crippen molar-refractivity contribution in [3.63, 3.8) is 0 Å². The average molecular weight is 307 g/mol. The van der Waals surface area contributed by atoms with Crippen LogP contribution in [0.5, 0.6) is 0 Å². The van der Waals surface area contributed by atoms with Crippen molar-refractivity contribution in [1.82, 2.24) is 5.32 Å². The first-order valence-corrected chi connectivity index (χ1v) is 7.07. The maximum atomic E-state index is 11.5. The number of amides is 1. The number of aliphatic hydroxyl groups is 2. The van der Waals surface area contributed by atoms with Gasteiger partial charge in [-0.1, -0.05) is 18.2 Å². The predicted octanol–water partition coefficient (Wildman–Crippen LogP) is 2.35. The minimum absolute atomic E-state index is 0.129. The zero-order valence-electron chi connectivity index (χ0n) is 12.9. The molecule has 1 aromatic heterocycles. The summed E-state index contributed by atoms with van der Waals surface area (Å²) in [5.74, 6) is 0. The molecule has 1 aromatic carbocycles. The minimum Gasteiger partial charge on any atom is -0.464 e. The number of carbonyl (C=O) groups excluding carboxylic acids is 1. The van der Waals surface area contributed by atoms with Crippen LogP contribution in [-0.2, 0) is 4.74 Å². The van der Waals surface area contributed by atoms with Crippen molar-refractivity contribution >= 4 is 17.1 Å². The Kier molecular flexibility index (Phi) is 4.73. The van der Waals surface area contributed by atoms with Crippen LogP contribution in [0.15, 0.2) is 34.9 Å². The number of ether oxygens (including phenoxy) is 1. The largest absolute Gasteiger partial charge is 0.464 e. The van der Waals surface area contributed by atoms with Gasteiger partial charge in [0, 0.05) is 17.5 Å². The molecule has 0 aliphatic rings. The summed E-state index contributed by atoms with van der Waals surface area (Å²) in [6.45, 7) is 5.11. The van der Waals surface area contributed by atoms with Gasteiger partial charge in [-0.3, -0.25) is 0 Å². The lowest BCUT2D eigenvalue weighted by Crippen LogP contribution is -2.38. The number of benzene rings is 1. The van der Waals surface area contributed by atoms with E-state index in [-0.39, 0.29) is 6.54 Å². The van der Waals surface area contributed by atoms with Gasteiger partial charge < -0.3 is 24.7 Å². The summed E-state index contributed by atoms with van der Waals surface area (Å²) in [7, 11) is 0. The Labute approximate surface area is 128 Å². The highest BCUT2D eigenvalue weighted by molar-refractivity contribution is 5.81. The summed E-state index contributed by atoms with van der Waals surface area (Å²) in [6.07, 6.45) is -1.57. The van der Waals surface area contributed by atoms with Crippen LogP contribution in [0.4, 0.5) is 4.79 Å². The van der Waals surface area contributed by atoms with Gasteiger partial charge in [0.2, 0.25) is 0 Å². The van der Waals surface area contributed by atoms with Gasteiger partial charge in [-0.05, 0) is 26.8 Å². The van der Waals surface area contributed by atoms with E-state index >= 15 is 0 Å². The summed E-state index contributed by atoms with van der Waals surface area (Å²) in [6, 6.07) is 7.21. The molecule has 2 unspecified atom stereocenters. The van der Waals surface area contributed by atoms with Gasteiger partial charge in [-0.2, -0.15) is 0 Å². The van der Waals surface area contributed by atoms with E-state index in [1.807, 2.05) is 12.1 Å². The molecular formula is C16H21NO5. The number of alkyl carbamates (subject to hydrolysis) is 1. The van der Waals surface area contributed by atoms with Crippen LogP contribution in [0.3, 0.4) is 0 Å². The van der Waals surface area contributed by atoms with E-state index < -0.39 is 23.9 Å². The molecule has 22 heavy (non-hydrogen) atoms. The third-order valence-corrected chi connectivity index (χ3v) is 3.05. The van der Waals surface area contributed by atoms with Gasteiger partial charge in [0.25, 0.3) is 0 Å². The smallest absolute Gasteiger partial charge is 0.407 e. The minimum atomic E-state index is -1.17. The molecule has 6 heteroatoms. The van der Waals surface area contributed by atoms with Crippen LogP contribution in [0.1, 0.15) is 32.4 Å². The molecule has 0 fully saturated rings. The fourth-order valence-corrected chi connectivity index (χ4v) is 2.05. The fraction of sp³-hybridized carbons (Fsp3) is 0.438. The van der Waals surface area contributed by atoms with E-state index in [9.17, 15) is 15.0 Å². The van der Waals surface area contributed by atoms with E-state index in [0.29, 0.717) is 11.1 Å². The number of para-hydroxylation sites is 1. The molecule has 6 nitrogen and oxygen atoms in total. The Morgan fingerprint density at radius 2 is 2.00 bits per heavy atom. The molecule has 2 rings (SSSR count). The lowest BCUT2D eigenvalue weighted by Gasteiger charge is -2.22. The molecule has 1 heterocycles. The van der Waals surface area contributed by atoms with Crippen LogP contribution in [-0.4, -0.2) is 34.6 Å². The van der Waals surface area contributed by atoms with Crippen molar-refractivity contribution in [2.75, 3.05) is 6.54 Å². The van der Waals surface area contributed by atoms with Gasteiger partial charge in [0.15, 0.2) is 0 Å². The first kappa shape index (κ1) is 16.3. The number of hydrogen-bond acceptors (Lipinski definition) is 5. The van der Waals surface area contributed by atoms with E-state index in [1.165, 1.54) is 6.26 Å². The second kappa shape index (κ2) is 6.37. The number of carbonyl (C=O) groups is 1. The highest BCUT2D eigenvalue weighted by Crippen LogP contribution is 2.27. The SMILES string of the molecule is CC(C)(C)OC(=O)NCC(O)C(O)c1coc2ccccc12. The number of furan rings is 1. The second-order valence-corrected chi connectivity index (χ2v) is 6.08. The number of fused-ring (bicyclic) bond motifs is 1. The highest BCUT2D eigenvalue weighted by atomic mass is 16.6. The summed E-state index contributed by atoms with van der Waals surface area (Å²) in [5, 5.41) is 23.4. The first-order valence-electron chi connectivity index (χ1n) is 7.07. The number of nitrogens with one attached hydrogen (secondary N) is 1. The quantitative estimate of drug-likeness (QED) is 0.806. The average Bonchev–Trinajstić information content (AvgIpc) is 2.86. The van der Waals surface area contributed by atoms with Gasteiger partial charge in [0.1, 0.15) is 23.4 Å². The van der Waals surface area contributed by atoms with Crippen molar-refractivity contribution in [3.8, 4) is 0 Å². The van der Waals surface area contributed by atoms with E-state index in [2.05, 4.69) is 5.32 Å². The van der Waals surface area contributed by atoms with E-state index in [1.54, 1.807) is 32.9 Å². The monoisotopic (exact) mass is 307 g/mol. The van der Waals surface area contributed by atoms with Crippen LogP contribution in [0.2, 0.25) is 0 Å². The highest BCUT2D eigenvalue weighted by Gasteiger charge is 2.24. The van der Waals surface area contributed by atoms with Gasteiger partial charge in [-0.25, -0.2) is 4.79 Å². The molecule has 2 aromatic rings. The molecular weight excluding hydrogens is 286 g/mol. The third-order valence-electron chi connectivity index (χ3n) is 3.05. The van der Waals surface area contributed by atoms with Crippen molar-refractivity contribution < 1.29 is 24.2 Å². The molecule has 0 saturated carbocycles. The number of aliphatic hydroxyl groups excluding tert-OH is 2. The number of hydrogen-bond donors (Lipinski definition) is 3. The van der Waals surface area contributed by atoms with Crippen LogP contribution >= 0.6 is 0 Å². The van der Waals surface area contributed by atoms with Crippen molar-refractivity contribution in [3.05, 3.63) is 36.1 Å². The van der Waals surface area contributed by atoms with Gasteiger partial charge in [-0.15, -0.1) is 0 Å². The van der Waals surface area contributed by atoms with Crippen LogP contribution in [0, 0.1) is 0 Å². The summed E-state index contributed by atoms with van der Waals surface area (Å²) in [4.78, 5) is 11.5. The molecule has 1 amide bonds. The molecule has 120 valence electrons. The second-order valence-electron chi connectivity index (χ2n) is 6.08. The normalized spacial score (nSPS) is 14.6. The zero-order valence-corrected chi connectivity index (χ0v) is 12.9.